The minimum atomic E-state index is -2.45. The van der Waals surface area contributed by atoms with E-state index in [1.165, 1.54) is 0 Å². The van der Waals surface area contributed by atoms with Gasteiger partial charge in [0, 0.05) is 5.56 Å². The van der Waals surface area contributed by atoms with Gasteiger partial charge in [-0.2, -0.15) is 0 Å². The van der Waals surface area contributed by atoms with Gasteiger partial charge in [0.15, 0.2) is 0 Å². The van der Waals surface area contributed by atoms with Crippen LogP contribution < -0.4 is 4.52 Å². The lowest BCUT2D eigenvalue weighted by atomic mass is 10.2. The summed E-state index contributed by atoms with van der Waals surface area (Å²) in [5.74, 6) is 0.297. The van der Waals surface area contributed by atoms with Gasteiger partial charge in [0.1, 0.15) is 12.4 Å². The first kappa shape index (κ1) is 23.9. The maximum atomic E-state index is 9.95. The first-order valence-corrected chi connectivity index (χ1v) is 7.89. The van der Waals surface area contributed by atoms with Crippen LogP contribution in [0.4, 0.5) is 0 Å². The number of para-hydroxylation sites is 1. The summed E-state index contributed by atoms with van der Waals surface area (Å²) in [5.41, 5.74) is 0.579. The van der Waals surface area contributed by atoms with E-state index in [1.807, 2.05) is 41.5 Å². The van der Waals surface area contributed by atoms with Crippen molar-refractivity contribution in [3.63, 3.8) is 0 Å². The van der Waals surface area contributed by atoms with Gasteiger partial charge in [-0.05, 0) is 6.07 Å². The van der Waals surface area contributed by atoms with Crippen molar-refractivity contribution in [1.82, 2.24) is 0 Å². The Labute approximate surface area is 123 Å². The zero-order valence-corrected chi connectivity index (χ0v) is 14.1. The quantitative estimate of drug-likeness (QED) is 0.634. The van der Waals surface area contributed by atoms with Crippen LogP contribution in [-0.4, -0.2) is 16.3 Å². The first-order chi connectivity index (χ1) is 9.74. The lowest BCUT2D eigenvalue weighted by molar-refractivity contribution is -0.129. The average molecular weight is 306 g/mol. The second kappa shape index (κ2) is 20.2. The average Bonchev–Trinajstić information content (AvgIpc) is 2.52. The minimum Gasteiger partial charge on any atom is -0.463 e. The van der Waals surface area contributed by atoms with Crippen LogP contribution in [0.2, 0.25) is 0 Å². The van der Waals surface area contributed by atoms with Crippen LogP contribution in [0, 0.1) is 0 Å². The van der Waals surface area contributed by atoms with Gasteiger partial charge < -0.3 is 19.0 Å². The standard InChI is InChI=1S/C8H9O5P.3C2H6/c9-6-12-5-7-3-1-2-4-8(7)13-14(10)11;3*1-2/h1-4,6,10-11H,5H2;3*1-2H3. The molecule has 0 aliphatic carbocycles. The molecular formula is C14H27O5P. The number of ether oxygens (including phenoxy) is 1. The molecule has 0 aliphatic heterocycles. The van der Waals surface area contributed by atoms with Gasteiger partial charge >= 0.3 is 8.60 Å². The molecule has 1 aromatic rings. The lowest BCUT2D eigenvalue weighted by Gasteiger charge is -2.09. The molecule has 118 valence electrons. The molecule has 0 saturated heterocycles. The van der Waals surface area contributed by atoms with Crippen molar-refractivity contribution in [2.45, 2.75) is 48.1 Å². The van der Waals surface area contributed by atoms with Crippen molar-refractivity contribution in [3.8, 4) is 5.75 Å². The Morgan fingerprint density at radius 1 is 1.05 bits per heavy atom. The van der Waals surface area contributed by atoms with E-state index in [0.717, 1.165) is 0 Å². The maximum absolute atomic E-state index is 9.95. The molecular weight excluding hydrogens is 279 g/mol. The molecule has 0 bridgehead atoms. The zero-order chi connectivity index (χ0) is 16.4. The monoisotopic (exact) mass is 306 g/mol. The van der Waals surface area contributed by atoms with Crippen LogP contribution >= 0.6 is 8.60 Å². The second-order valence-corrected chi connectivity index (χ2v) is 3.05. The summed E-state index contributed by atoms with van der Waals surface area (Å²) in [4.78, 5) is 27.2. The molecule has 5 nitrogen and oxygen atoms in total. The molecule has 0 saturated carbocycles. The third kappa shape index (κ3) is 13.3. The highest BCUT2D eigenvalue weighted by Gasteiger charge is 2.07. The van der Waals surface area contributed by atoms with Crippen molar-refractivity contribution in [2.75, 3.05) is 0 Å². The zero-order valence-electron chi connectivity index (χ0n) is 13.2. The van der Waals surface area contributed by atoms with Gasteiger partial charge in [-0.25, -0.2) is 0 Å². The number of rotatable bonds is 5. The molecule has 2 N–H and O–H groups in total. The van der Waals surface area contributed by atoms with Crippen LogP contribution in [0.3, 0.4) is 0 Å². The smallest absolute Gasteiger partial charge is 0.391 e. The van der Waals surface area contributed by atoms with E-state index in [0.29, 0.717) is 17.8 Å². The lowest BCUT2D eigenvalue weighted by Crippen LogP contribution is -1.95. The molecule has 0 radical (unpaired) electrons. The highest BCUT2D eigenvalue weighted by molar-refractivity contribution is 7.39. The van der Waals surface area contributed by atoms with Gasteiger partial charge in [-0.15, -0.1) is 0 Å². The molecule has 0 heterocycles. The maximum Gasteiger partial charge on any atom is 0.391 e. The molecule has 0 spiro atoms. The summed E-state index contributed by atoms with van der Waals surface area (Å²) in [7, 11) is -2.45. The highest BCUT2D eigenvalue weighted by atomic mass is 31.2. The Hall–Kier alpha value is -1.16. The number of benzene rings is 1. The van der Waals surface area contributed by atoms with E-state index in [9.17, 15) is 4.79 Å². The minimum absolute atomic E-state index is 0.0445. The molecule has 6 heteroatoms. The Morgan fingerprint density at radius 2 is 1.55 bits per heavy atom. The number of hydrogen-bond acceptors (Lipinski definition) is 5. The van der Waals surface area contributed by atoms with Crippen LogP contribution in [0.15, 0.2) is 24.3 Å². The van der Waals surface area contributed by atoms with E-state index in [4.69, 9.17) is 14.3 Å². The van der Waals surface area contributed by atoms with Crippen molar-refractivity contribution >= 4 is 15.1 Å². The molecule has 0 aromatic heterocycles. The highest BCUT2D eigenvalue weighted by Crippen LogP contribution is 2.31. The van der Waals surface area contributed by atoms with Crippen molar-refractivity contribution in [3.05, 3.63) is 29.8 Å². The van der Waals surface area contributed by atoms with Crippen LogP contribution in [0.25, 0.3) is 0 Å². The summed E-state index contributed by atoms with van der Waals surface area (Å²) in [6.45, 7) is 12.4. The third-order valence-corrected chi connectivity index (χ3v) is 1.82. The largest absolute Gasteiger partial charge is 0.463 e. The summed E-state index contributed by atoms with van der Waals surface area (Å²) in [5, 5.41) is 0. The second-order valence-electron chi connectivity index (χ2n) is 2.36. The van der Waals surface area contributed by atoms with Crippen molar-refractivity contribution < 1.29 is 23.8 Å². The fourth-order valence-corrected chi connectivity index (χ4v) is 1.28. The third-order valence-electron chi connectivity index (χ3n) is 1.46. The molecule has 1 rings (SSSR count). The number of carbonyl (C=O) groups is 1. The van der Waals surface area contributed by atoms with Crippen molar-refractivity contribution in [2.24, 2.45) is 0 Å². The van der Waals surface area contributed by atoms with Gasteiger partial charge in [0.2, 0.25) is 0 Å². The van der Waals surface area contributed by atoms with Gasteiger partial charge in [0.05, 0.1) is 0 Å². The predicted molar refractivity (Wildman–Crippen MR) is 83.3 cm³/mol. The molecule has 1 aromatic carbocycles. The molecule has 0 atom stereocenters. The van der Waals surface area contributed by atoms with E-state index >= 15 is 0 Å². The molecule has 0 amide bonds. The Morgan fingerprint density at radius 3 is 2.00 bits per heavy atom. The van der Waals surface area contributed by atoms with Crippen molar-refractivity contribution in [1.29, 1.82) is 0 Å². The van der Waals surface area contributed by atoms with E-state index in [1.54, 1.807) is 24.3 Å². The molecule has 0 aliphatic rings. The molecule has 0 fully saturated rings. The molecule has 0 unspecified atom stereocenters. The first-order valence-electron chi connectivity index (χ1n) is 6.73. The number of carbonyl (C=O) groups excluding carboxylic acids is 1. The topological polar surface area (TPSA) is 76.0 Å². The summed E-state index contributed by atoms with van der Waals surface area (Å²) in [6.07, 6.45) is 0. The van der Waals surface area contributed by atoms with E-state index in [-0.39, 0.29) is 6.61 Å². The normalized spacial score (nSPS) is 7.85. The van der Waals surface area contributed by atoms with Gasteiger partial charge in [-0.1, -0.05) is 59.7 Å². The summed E-state index contributed by atoms with van der Waals surface area (Å²) < 4.78 is 9.25. The van der Waals surface area contributed by atoms with Crippen LogP contribution in [0.5, 0.6) is 5.75 Å². The number of hydrogen-bond donors (Lipinski definition) is 2. The Balaban J connectivity index is -0.000000425. The summed E-state index contributed by atoms with van der Waals surface area (Å²) in [6, 6.07) is 6.63. The fourth-order valence-electron chi connectivity index (χ4n) is 0.924. The summed E-state index contributed by atoms with van der Waals surface area (Å²) >= 11 is 0. The van der Waals surface area contributed by atoms with Crippen LogP contribution in [0.1, 0.15) is 47.1 Å². The fraction of sp³-hybridized carbons (Fsp3) is 0.500. The predicted octanol–water partition coefficient (Wildman–Crippen LogP) is 4.03. The van der Waals surface area contributed by atoms with Crippen LogP contribution in [-0.2, 0) is 16.1 Å². The Bertz CT molecular complexity index is 305. The molecule has 20 heavy (non-hydrogen) atoms. The van der Waals surface area contributed by atoms with Gasteiger partial charge in [-0.3, -0.25) is 4.79 Å². The SMILES string of the molecule is CC.CC.CC.O=COCc1ccccc1OP(O)O. The Kier molecular flexibility index (Phi) is 24.1. The van der Waals surface area contributed by atoms with E-state index < -0.39 is 8.60 Å². The van der Waals surface area contributed by atoms with Gasteiger partial charge in [0.25, 0.3) is 6.47 Å². The van der Waals surface area contributed by atoms with E-state index in [2.05, 4.69) is 4.74 Å².